The van der Waals surface area contributed by atoms with Crippen molar-refractivity contribution in [2.75, 3.05) is 10.6 Å². The molecule has 1 saturated carbocycles. The van der Waals surface area contributed by atoms with Crippen LogP contribution in [0.25, 0.3) is 5.65 Å². The number of aromatic nitrogens is 3. The number of carbonyl (C=O) groups is 1. The molecule has 3 aromatic rings. The predicted octanol–water partition coefficient (Wildman–Crippen LogP) is 3.54. The van der Waals surface area contributed by atoms with Crippen LogP contribution < -0.4 is 16.4 Å². The Labute approximate surface area is 158 Å². The largest absolute Gasteiger partial charge is 0.379 e. The molecule has 2 aromatic heterocycles. The molecule has 0 atom stereocenters. The second-order valence-electron chi connectivity index (χ2n) is 7.31. The standard InChI is InChI=1S/C20H24N6O/c1-12-7-13(2)9-15(8-12)24-18-10-16(23-14-5-3-4-6-14)20-22-11-17(19(21)27)26(20)25-18/h7-11,14,23H,3-6H2,1-2H3,(H2,21,27)(H,24,25). The van der Waals surface area contributed by atoms with Crippen LogP contribution >= 0.6 is 0 Å². The SMILES string of the molecule is Cc1cc(C)cc(Nc2cc(NC3CCCC3)c3ncc(C(N)=O)n3n2)c1. The van der Waals surface area contributed by atoms with Crippen LogP contribution in [-0.2, 0) is 0 Å². The first-order chi connectivity index (χ1) is 13.0. The number of anilines is 3. The van der Waals surface area contributed by atoms with Crippen molar-refractivity contribution in [2.45, 2.75) is 45.6 Å². The Bertz CT molecular complexity index is 983. The zero-order valence-electron chi connectivity index (χ0n) is 15.6. The van der Waals surface area contributed by atoms with Gasteiger partial charge in [-0.1, -0.05) is 18.9 Å². The highest BCUT2D eigenvalue weighted by Crippen LogP contribution is 2.28. The van der Waals surface area contributed by atoms with Gasteiger partial charge in [-0.05, 0) is 49.9 Å². The van der Waals surface area contributed by atoms with Crippen molar-refractivity contribution in [1.29, 1.82) is 0 Å². The van der Waals surface area contributed by atoms with Gasteiger partial charge in [-0.3, -0.25) is 4.79 Å². The quantitative estimate of drug-likeness (QED) is 0.643. The minimum atomic E-state index is -0.551. The number of nitrogens with one attached hydrogen (secondary N) is 2. The van der Waals surface area contributed by atoms with Gasteiger partial charge in [0, 0.05) is 17.8 Å². The minimum absolute atomic E-state index is 0.267. The molecule has 27 heavy (non-hydrogen) atoms. The first kappa shape index (κ1) is 17.3. The Kier molecular flexibility index (Phi) is 4.43. The second-order valence-corrected chi connectivity index (χ2v) is 7.31. The van der Waals surface area contributed by atoms with E-state index in [9.17, 15) is 4.79 Å². The first-order valence-corrected chi connectivity index (χ1v) is 9.30. The number of aryl methyl sites for hydroxylation is 2. The number of rotatable bonds is 5. The Morgan fingerprint density at radius 1 is 1.15 bits per heavy atom. The highest BCUT2D eigenvalue weighted by atomic mass is 16.1. The van der Waals surface area contributed by atoms with Crippen LogP contribution in [0.2, 0.25) is 0 Å². The zero-order chi connectivity index (χ0) is 19.0. The average Bonchev–Trinajstić information content (AvgIpc) is 3.23. The van der Waals surface area contributed by atoms with Crippen LogP contribution in [0.1, 0.15) is 47.3 Å². The van der Waals surface area contributed by atoms with Gasteiger partial charge < -0.3 is 16.4 Å². The van der Waals surface area contributed by atoms with E-state index in [4.69, 9.17) is 5.73 Å². The van der Waals surface area contributed by atoms with Crippen molar-refractivity contribution in [3.05, 3.63) is 47.3 Å². The second kappa shape index (κ2) is 6.90. The van der Waals surface area contributed by atoms with E-state index in [0.29, 0.717) is 17.5 Å². The first-order valence-electron chi connectivity index (χ1n) is 9.30. The van der Waals surface area contributed by atoms with Gasteiger partial charge in [-0.15, -0.1) is 5.10 Å². The molecule has 1 amide bonds. The van der Waals surface area contributed by atoms with Gasteiger partial charge in [0.1, 0.15) is 5.69 Å². The van der Waals surface area contributed by atoms with Crippen LogP contribution in [0.15, 0.2) is 30.5 Å². The molecule has 4 rings (SSSR count). The maximum Gasteiger partial charge on any atom is 0.269 e. The zero-order valence-corrected chi connectivity index (χ0v) is 15.6. The van der Waals surface area contributed by atoms with Crippen molar-refractivity contribution in [1.82, 2.24) is 14.6 Å². The summed E-state index contributed by atoms with van der Waals surface area (Å²) in [4.78, 5) is 16.1. The molecule has 1 aliphatic rings. The molecule has 0 spiro atoms. The van der Waals surface area contributed by atoms with Gasteiger partial charge in [-0.2, -0.15) is 0 Å². The topological polar surface area (TPSA) is 97.3 Å². The van der Waals surface area contributed by atoms with E-state index in [1.54, 1.807) is 0 Å². The lowest BCUT2D eigenvalue weighted by Gasteiger charge is -2.16. The van der Waals surface area contributed by atoms with E-state index in [2.05, 4.69) is 52.8 Å². The third kappa shape index (κ3) is 3.58. The third-order valence-electron chi connectivity index (χ3n) is 4.93. The van der Waals surface area contributed by atoms with Gasteiger partial charge in [0.25, 0.3) is 5.91 Å². The normalized spacial score (nSPS) is 14.6. The van der Waals surface area contributed by atoms with Crippen molar-refractivity contribution in [3.8, 4) is 0 Å². The molecule has 0 bridgehead atoms. The molecule has 0 unspecified atom stereocenters. The van der Waals surface area contributed by atoms with Crippen LogP contribution in [0.5, 0.6) is 0 Å². The summed E-state index contributed by atoms with van der Waals surface area (Å²) in [7, 11) is 0. The third-order valence-corrected chi connectivity index (χ3v) is 4.93. The monoisotopic (exact) mass is 364 g/mol. The summed E-state index contributed by atoms with van der Waals surface area (Å²) in [6.45, 7) is 4.12. The molecule has 0 aliphatic heterocycles. The average molecular weight is 364 g/mol. The Morgan fingerprint density at radius 3 is 2.52 bits per heavy atom. The number of nitrogens with two attached hydrogens (primary N) is 1. The Balaban J connectivity index is 1.76. The molecule has 1 aliphatic carbocycles. The number of hydrogen-bond donors (Lipinski definition) is 3. The van der Waals surface area contributed by atoms with E-state index in [0.717, 1.165) is 24.2 Å². The number of nitrogens with zero attached hydrogens (tertiary/aromatic N) is 3. The summed E-state index contributed by atoms with van der Waals surface area (Å²) in [6, 6.07) is 8.61. The van der Waals surface area contributed by atoms with Gasteiger partial charge in [-0.25, -0.2) is 9.50 Å². The van der Waals surface area contributed by atoms with E-state index in [-0.39, 0.29) is 5.69 Å². The van der Waals surface area contributed by atoms with Gasteiger partial charge in [0.15, 0.2) is 11.5 Å². The smallest absolute Gasteiger partial charge is 0.269 e. The van der Waals surface area contributed by atoms with Gasteiger partial charge in [0.2, 0.25) is 0 Å². The molecule has 0 saturated heterocycles. The Hall–Kier alpha value is -3.09. The number of amides is 1. The summed E-state index contributed by atoms with van der Waals surface area (Å²) >= 11 is 0. The molecule has 7 heteroatoms. The molecule has 1 aromatic carbocycles. The Morgan fingerprint density at radius 2 is 1.85 bits per heavy atom. The molecule has 2 heterocycles. The lowest BCUT2D eigenvalue weighted by atomic mass is 10.1. The molecule has 4 N–H and O–H groups in total. The molecular weight excluding hydrogens is 340 g/mol. The minimum Gasteiger partial charge on any atom is -0.379 e. The lowest BCUT2D eigenvalue weighted by molar-refractivity contribution is 0.0993. The number of fused-ring (bicyclic) bond motifs is 1. The highest BCUT2D eigenvalue weighted by Gasteiger charge is 2.19. The van der Waals surface area contributed by atoms with E-state index in [1.807, 2.05) is 6.07 Å². The van der Waals surface area contributed by atoms with Crippen LogP contribution in [0, 0.1) is 13.8 Å². The number of imidazole rings is 1. The van der Waals surface area contributed by atoms with Crippen molar-refractivity contribution >= 4 is 28.7 Å². The molecule has 140 valence electrons. The summed E-state index contributed by atoms with van der Waals surface area (Å²) in [5.41, 5.74) is 10.5. The number of benzene rings is 1. The van der Waals surface area contributed by atoms with Gasteiger partial charge >= 0.3 is 0 Å². The highest BCUT2D eigenvalue weighted by molar-refractivity contribution is 5.92. The number of carbonyl (C=O) groups excluding carboxylic acids is 1. The van der Waals surface area contributed by atoms with E-state index < -0.39 is 5.91 Å². The molecule has 0 radical (unpaired) electrons. The van der Waals surface area contributed by atoms with E-state index in [1.165, 1.54) is 34.7 Å². The maximum absolute atomic E-state index is 11.8. The molecule has 1 fully saturated rings. The number of primary amides is 1. The van der Waals surface area contributed by atoms with Crippen LogP contribution in [0.3, 0.4) is 0 Å². The lowest BCUT2D eigenvalue weighted by Crippen LogP contribution is -2.18. The predicted molar refractivity (Wildman–Crippen MR) is 107 cm³/mol. The van der Waals surface area contributed by atoms with Crippen molar-refractivity contribution in [2.24, 2.45) is 5.73 Å². The summed E-state index contributed by atoms with van der Waals surface area (Å²) < 4.78 is 1.52. The summed E-state index contributed by atoms with van der Waals surface area (Å²) in [6.07, 6.45) is 6.21. The number of hydrogen-bond acceptors (Lipinski definition) is 5. The fourth-order valence-electron chi connectivity index (χ4n) is 3.79. The summed E-state index contributed by atoms with van der Waals surface area (Å²) in [5, 5.41) is 11.5. The fraction of sp³-hybridized carbons (Fsp3) is 0.350. The fourth-order valence-corrected chi connectivity index (χ4v) is 3.79. The summed E-state index contributed by atoms with van der Waals surface area (Å²) in [5.74, 6) is 0.0823. The van der Waals surface area contributed by atoms with Gasteiger partial charge in [0.05, 0.1) is 11.9 Å². The van der Waals surface area contributed by atoms with Crippen LogP contribution in [0.4, 0.5) is 17.2 Å². The van der Waals surface area contributed by atoms with Crippen molar-refractivity contribution in [3.63, 3.8) is 0 Å². The van der Waals surface area contributed by atoms with E-state index >= 15 is 0 Å². The molecular formula is C20H24N6O. The van der Waals surface area contributed by atoms with Crippen molar-refractivity contribution < 1.29 is 4.79 Å². The maximum atomic E-state index is 11.8. The van der Waals surface area contributed by atoms with Crippen LogP contribution in [-0.4, -0.2) is 26.5 Å². The molecule has 7 nitrogen and oxygen atoms in total.